The minimum Gasteiger partial charge on any atom is -0.368 e. The molecule has 4 heteroatoms. The van der Waals surface area contributed by atoms with E-state index in [0.717, 1.165) is 23.8 Å². The van der Waals surface area contributed by atoms with Crippen LogP contribution in [0, 0.1) is 5.92 Å². The van der Waals surface area contributed by atoms with E-state index >= 15 is 0 Å². The zero-order valence-electron chi connectivity index (χ0n) is 8.56. The normalized spacial score (nSPS) is 16.5. The quantitative estimate of drug-likeness (QED) is 0.827. The van der Waals surface area contributed by atoms with Crippen molar-refractivity contribution in [1.29, 1.82) is 0 Å². The van der Waals surface area contributed by atoms with Crippen molar-refractivity contribution in [2.24, 2.45) is 5.92 Å². The van der Waals surface area contributed by atoms with E-state index in [2.05, 4.69) is 15.4 Å². The molecule has 0 aromatic carbocycles. The zero-order valence-corrected chi connectivity index (χ0v) is 8.56. The van der Waals surface area contributed by atoms with Gasteiger partial charge < -0.3 is 5.32 Å². The lowest BCUT2D eigenvalue weighted by Crippen LogP contribution is -2.21. The van der Waals surface area contributed by atoms with Crippen molar-refractivity contribution in [1.82, 2.24) is 14.6 Å². The second-order valence-corrected chi connectivity index (χ2v) is 4.11. The van der Waals surface area contributed by atoms with E-state index in [0.29, 0.717) is 0 Å². The van der Waals surface area contributed by atoms with Gasteiger partial charge in [-0.1, -0.05) is 6.42 Å². The SMILES string of the molecule is c1cn2nccc2c(NCC2CCC2)n1. The van der Waals surface area contributed by atoms with Crippen molar-refractivity contribution in [3.63, 3.8) is 0 Å². The van der Waals surface area contributed by atoms with Crippen LogP contribution in [-0.4, -0.2) is 21.1 Å². The molecule has 15 heavy (non-hydrogen) atoms. The van der Waals surface area contributed by atoms with Crippen LogP contribution < -0.4 is 5.32 Å². The van der Waals surface area contributed by atoms with Crippen molar-refractivity contribution in [2.75, 3.05) is 11.9 Å². The van der Waals surface area contributed by atoms with E-state index < -0.39 is 0 Å². The third-order valence-corrected chi connectivity index (χ3v) is 3.11. The predicted molar refractivity (Wildman–Crippen MR) is 58.8 cm³/mol. The molecule has 0 spiro atoms. The highest BCUT2D eigenvalue weighted by molar-refractivity contribution is 5.66. The molecule has 0 radical (unpaired) electrons. The van der Waals surface area contributed by atoms with E-state index in [1.54, 1.807) is 12.4 Å². The highest BCUT2D eigenvalue weighted by Crippen LogP contribution is 2.26. The van der Waals surface area contributed by atoms with Gasteiger partial charge in [-0.15, -0.1) is 0 Å². The first kappa shape index (κ1) is 8.71. The molecule has 0 bridgehead atoms. The first-order chi connectivity index (χ1) is 7.43. The molecule has 2 heterocycles. The maximum Gasteiger partial charge on any atom is 0.152 e. The summed E-state index contributed by atoms with van der Waals surface area (Å²) in [6, 6.07) is 1.98. The van der Waals surface area contributed by atoms with E-state index in [9.17, 15) is 0 Å². The van der Waals surface area contributed by atoms with E-state index in [1.807, 2.05) is 16.8 Å². The van der Waals surface area contributed by atoms with Gasteiger partial charge in [-0.3, -0.25) is 0 Å². The Morgan fingerprint density at radius 1 is 1.40 bits per heavy atom. The van der Waals surface area contributed by atoms with Crippen LogP contribution in [0.15, 0.2) is 24.7 Å². The van der Waals surface area contributed by atoms with E-state index in [-0.39, 0.29) is 0 Å². The first-order valence-electron chi connectivity index (χ1n) is 5.46. The third kappa shape index (κ3) is 1.56. The Balaban J connectivity index is 1.80. The van der Waals surface area contributed by atoms with Gasteiger partial charge in [-0.25, -0.2) is 9.50 Å². The van der Waals surface area contributed by atoms with Gasteiger partial charge >= 0.3 is 0 Å². The molecule has 4 nitrogen and oxygen atoms in total. The minimum atomic E-state index is 0.843. The molecule has 0 amide bonds. The summed E-state index contributed by atoms with van der Waals surface area (Å²) in [5.74, 6) is 1.79. The van der Waals surface area contributed by atoms with Crippen LogP contribution in [0.4, 0.5) is 5.82 Å². The van der Waals surface area contributed by atoms with Crippen LogP contribution in [0.2, 0.25) is 0 Å². The van der Waals surface area contributed by atoms with Crippen LogP contribution in [-0.2, 0) is 0 Å². The Labute approximate surface area is 88.3 Å². The van der Waals surface area contributed by atoms with Crippen molar-refractivity contribution in [2.45, 2.75) is 19.3 Å². The van der Waals surface area contributed by atoms with Crippen molar-refractivity contribution < 1.29 is 0 Å². The maximum absolute atomic E-state index is 4.34. The smallest absolute Gasteiger partial charge is 0.152 e. The molecule has 0 saturated heterocycles. The monoisotopic (exact) mass is 202 g/mol. The topological polar surface area (TPSA) is 42.2 Å². The summed E-state index contributed by atoms with van der Waals surface area (Å²) < 4.78 is 1.84. The number of anilines is 1. The van der Waals surface area contributed by atoms with Crippen molar-refractivity contribution in [3.05, 3.63) is 24.7 Å². The lowest BCUT2D eigenvalue weighted by molar-refractivity contribution is 0.333. The first-order valence-corrected chi connectivity index (χ1v) is 5.46. The van der Waals surface area contributed by atoms with Crippen LogP contribution in [0.3, 0.4) is 0 Å². The maximum atomic E-state index is 4.34. The lowest BCUT2D eigenvalue weighted by Gasteiger charge is -2.25. The fourth-order valence-corrected chi connectivity index (χ4v) is 1.93. The average molecular weight is 202 g/mol. The predicted octanol–water partition coefficient (Wildman–Crippen LogP) is 1.94. The Kier molecular flexibility index (Phi) is 2.05. The average Bonchev–Trinajstić information content (AvgIpc) is 2.63. The summed E-state index contributed by atoms with van der Waals surface area (Å²) >= 11 is 0. The van der Waals surface area contributed by atoms with Gasteiger partial charge in [0.25, 0.3) is 0 Å². The molecule has 2 aromatic heterocycles. The van der Waals surface area contributed by atoms with Crippen molar-refractivity contribution in [3.8, 4) is 0 Å². The molecule has 78 valence electrons. The standard InChI is InChI=1S/C11H14N4/c1-2-9(3-1)8-13-11-10-4-5-14-15(10)7-6-12-11/h4-7,9H,1-3,8H2,(H,12,13). The van der Waals surface area contributed by atoms with Crippen LogP contribution >= 0.6 is 0 Å². The van der Waals surface area contributed by atoms with Crippen LogP contribution in [0.1, 0.15) is 19.3 Å². The number of nitrogens with zero attached hydrogens (tertiary/aromatic N) is 3. The molecule has 3 rings (SSSR count). The van der Waals surface area contributed by atoms with Gasteiger partial charge in [0.2, 0.25) is 0 Å². The number of hydrogen-bond acceptors (Lipinski definition) is 3. The molecule has 0 unspecified atom stereocenters. The van der Waals surface area contributed by atoms with Crippen LogP contribution in [0.5, 0.6) is 0 Å². The van der Waals surface area contributed by atoms with Crippen LogP contribution in [0.25, 0.3) is 5.52 Å². The summed E-state index contributed by atoms with van der Waals surface area (Å²) in [5.41, 5.74) is 1.05. The summed E-state index contributed by atoms with van der Waals surface area (Å²) in [6.45, 7) is 1.04. The molecule has 0 aliphatic heterocycles. The number of fused-ring (bicyclic) bond motifs is 1. The zero-order chi connectivity index (χ0) is 10.1. The molecule has 1 fully saturated rings. The molecule has 1 N–H and O–H groups in total. The Hall–Kier alpha value is -1.58. The van der Waals surface area contributed by atoms with Gasteiger partial charge in [-0.05, 0) is 24.8 Å². The second-order valence-electron chi connectivity index (χ2n) is 4.11. The Bertz CT molecular complexity index is 458. The number of nitrogens with one attached hydrogen (secondary N) is 1. The highest BCUT2D eigenvalue weighted by Gasteiger charge is 2.17. The number of rotatable bonds is 3. The largest absolute Gasteiger partial charge is 0.368 e. The van der Waals surface area contributed by atoms with E-state index in [4.69, 9.17) is 0 Å². The fraction of sp³-hybridized carbons (Fsp3) is 0.455. The Morgan fingerprint density at radius 2 is 2.33 bits per heavy atom. The van der Waals surface area contributed by atoms with Gasteiger partial charge in [-0.2, -0.15) is 5.10 Å². The second kappa shape index (κ2) is 3.53. The Morgan fingerprint density at radius 3 is 3.13 bits per heavy atom. The summed E-state index contributed by atoms with van der Waals surface area (Å²) in [5, 5.41) is 7.58. The summed E-state index contributed by atoms with van der Waals surface area (Å²) in [7, 11) is 0. The third-order valence-electron chi connectivity index (χ3n) is 3.11. The van der Waals surface area contributed by atoms with Gasteiger partial charge in [0.1, 0.15) is 5.52 Å². The summed E-state index contributed by atoms with van der Waals surface area (Å²) in [4.78, 5) is 4.34. The van der Waals surface area contributed by atoms with Gasteiger partial charge in [0, 0.05) is 18.9 Å². The molecule has 0 atom stereocenters. The molecular weight excluding hydrogens is 188 g/mol. The van der Waals surface area contributed by atoms with Crippen molar-refractivity contribution >= 4 is 11.3 Å². The van der Waals surface area contributed by atoms with Gasteiger partial charge in [0.15, 0.2) is 5.82 Å². The summed E-state index contributed by atoms with van der Waals surface area (Å²) in [6.07, 6.45) is 9.54. The molecular formula is C11H14N4. The molecule has 2 aromatic rings. The van der Waals surface area contributed by atoms with Gasteiger partial charge in [0.05, 0.1) is 6.20 Å². The fourth-order valence-electron chi connectivity index (χ4n) is 1.93. The molecule has 1 saturated carbocycles. The number of hydrogen-bond donors (Lipinski definition) is 1. The molecule has 1 aliphatic carbocycles. The minimum absolute atomic E-state index is 0.843. The molecule has 1 aliphatic rings. The van der Waals surface area contributed by atoms with E-state index in [1.165, 1.54) is 19.3 Å². The number of aromatic nitrogens is 3. The lowest BCUT2D eigenvalue weighted by atomic mass is 9.85. The highest BCUT2D eigenvalue weighted by atomic mass is 15.2.